The summed E-state index contributed by atoms with van der Waals surface area (Å²) in [6, 6.07) is 0. The fraction of sp³-hybridized carbons (Fsp3) is 0.750. The lowest BCUT2D eigenvalue weighted by molar-refractivity contribution is -0.240. The molecule has 0 aliphatic carbocycles. The SMILES string of the molecule is CC1(C)OC[C@@](C)([C@H](O)[C@@]23NC(=O)[C@@](O)(NC2=O)/C(=C/CO)CCO3)O1. The minimum atomic E-state index is -2.32. The molecule has 0 aromatic rings. The van der Waals surface area contributed by atoms with Crippen LogP contribution in [0.25, 0.3) is 0 Å². The number of nitrogens with one attached hydrogen (secondary N) is 2. The van der Waals surface area contributed by atoms with E-state index in [1.807, 2.05) is 0 Å². The van der Waals surface area contributed by atoms with Gasteiger partial charge in [-0.2, -0.15) is 0 Å². The van der Waals surface area contributed by atoms with E-state index in [9.17, 15) is 19.8 Å². The number of rotatable bonds is 3. The highest BCUT2D eigenvalue weighted by Crippen LogP contribution is 2.40. The maximum Gasteiger partial charge on any atom is 0.280 e. The summed E-state index contributed by atoms with van der Waals surface area (Å²) in [4.78, 5) is 25.4. The molecule has 0 saturated carbocycles. The molecule has 0 radical (unpaired) electrons. The fourth-order valence-electron chi connectivity index (χ4n) is 3.59. The zero-order valence-corrected chi connectivity index (χ0v) is 14.9. The molecule has 2 amide bonds. The average Bonchev–Trinajstić information content (AvgIpc) is 2.84. The average molecular weight is 372 g/mol. The summed E-state index contributed by atoms with van der Waals surface area (Å²) in [5, 5.41) is 35.2. The minimum absolute atomic E-state index is 0.0324. The summed E-state index contributed by atoms with van der Waals surface area (Å²) in [7, 11) is 0. The van der Waals surface area contributed by atoms with Gasteiger partial charge in [-0.25, -0.2) is 0 Å². The largest absolute Gasteiger partial charge is 0.392 e. The highest BCUT2D eigenvalue weighted by molar-refractivity contribution is 6.03. The van der Waals surface area contributed by atoms with Crippen LogP contribution in [0, 0.1) is 0 Å². The van der Waals surface area contributed by atoms with Crippen molar-refractivity contribution in [2.24, 2.45) is 0 Å². The number of carbonyl (C=O) groups excluding carboxylic acids is 2. The number of fused-ring (bicyclic) bond motifs is 5. The van der Waals surface area contributed by atoms with Crippen LogP contribution in [0.5, 0.6) is 0 Å². The third kappa shape index (κ3) is 2.73. The molecule has 5 N–H and O–H groups in total. The first-order chi connectivity index (χ1) is 12.0. The molecule has 0 spiro atoms. The van der Waals surface area contributed by atoms with Crippen LogP contribution < -0.4 is 10.6 Å². The number of ether oxygens (including phenoxy) is 3. The predicted octanol–water partition coefficient (Wildman–Crippen LogP) is -2.14. The quantitative estimate of drug-likeness (QED) is 0.353. The third-order valence-electron chi connectivity index (χ3n) is 4.91. The van der Waals surface area contributed by atoms with Crippen molar-refractivity contribution in [3.05, 3.63) is 11.6 Å². The standard InChI is InChI=1S/C16H24N2O8/c1-13(2)25-8-14(3,26-13)10(20)16-12(22)17-15(23,11(21)18-16)9(4-6-19)5-7-24-16/h4,10,19-20,23H,5-8H2,1-3H3,(H,17,22)(H,18,21)/b9-4+/t10-,14-,15+,16-/m0/s1. The lowest BCUT2D eigenvalue weighted by Gasteiger charge is -2.50. The third-order valence-corrected chi connectivity index (χ3v) is 4.91. The van der Waals surface area contributed by atoms with E-state index in [0.29, 0.717) is 0 Å². The van der Waals surface area contributed by atoms with Gasteiger partial charge in [-0.3, -0.25) is 9.59 Å². The predicted molar refractivity (Wildman–Crippen MR) is 85.2 cm³/mol. The van der Waals surface area contributed by atoms with Gasteiger partial charge in [-0.05, 0) is 32.8 Å². The molecule has 10 heteroatoms. The van der Waals surface area contributed by atoms with E-state index in [0.717, 1.165) is 0 Å². The molecule has 4 rings (SSSR count). The van der Waals surface area contributed by atoms with Crippen LogP contribution in [0.3, 0.4) is 0 Å². The fourth-order valence-corrected chi connectivity index (χ4v) is 3.59. The van der Waals surface area contributed by atoms with Gasteiger partial charge in [0, 0.05) is 0 Å². The molecule has 4 fully saturated rings. The summed E-state index contributed by atoms with van der Waals surface area (Å²) < 4.78 is 16.8. The molecule has 10 nitrogen and oxygen atoms in total. The Morgan fingerprint density at radius 3 is 2.46 bits per heavy atom. The van der Waals surface area contributed by atoms with Crippen LogP contribution in [-0.4, -0.2) is 75.9 Å². The molecular formula is C16H24N2O8. The van der Waals surface area contributed by atoms with E-state index in [2.05, 4.69) is 10.6 Å². The maximum absolute atomic E-state index is 12.8. The van der Waals surface area contributed by atoms with E-state index in [-0.39, 0.29) is 25.2 Å². The Hall–Kier alpha value is -1.56. The molecule has 2 bridgehead atoms. The lowest BCUT2D eigenvalue weighted by Crippen LogP contribution is -2.82. The Morgan fingerprint density at radius 2 is 1.88 bits per heavy atom. The first-order valence-corrected chi connectivity index (χ1v) is 8.33. The lowest BCUT2D eigenvalue weighted by atomic mass is 9.84. The summed E-state index contributed by atoms with van der Waals surface area (Å²) in [6.07, 6.45) is -0.317. The Balaban J connectivity index is 1.98. The molecule has 4 aliphatic heterocycles. The molecule has 0 aromatic carbocycles. The minimum Gasteiger partial charge on any atom is -0.392 e. The monoisotopic (exact) mass is 372 g/mol. The van der Waals surface area contributed by atoms with Crippen molar-refractivity contribution in [3.8, 4) is 0 Å². The Labute approximate surface area is 150 Å². The van der Waals surface area contributed by atoms with E-state index in [1.165, 1.54) is 6.08 Å². The van der Waals surface area contributed by atoms with Crippen molar-refractivity contribution in [2.75, 3.05) is 19.8 Å². The summed E-state index contributed by atoms with van der Waals surface area (Å²) in [5.41, 5.74) is -5.71. The van der Waals surface area contributed by atoms with Crippen LogP contribution in [0.1, 0.15) is 27.2 Å². The molecule has 0 unspecified atom stereocenters. The van der Waals surface area contributed by atoms with Crippen LogP contribution in [-0.2, 0) is 23.8 Å². The highest BCUT2D eigenvalue weighted by atomic mass is 16.8. The van der Waals surface area contributed by atoms with Crippen LogP contribution in [0.15, 0.2) is 11.6 Å². The van der Waals surface area contributed by atoms with Gasteiger partial charge < -0.3 is 40.2 Å². The molecule has 4 heterocycles. The summed E-state index contributed by atoms with van der Waals surface area (Å²) in [6.45, 7) is 4.32. The topological polar surface area (TPSA) is 147 Å². The van der Waals surface area contributed by atoms with Crippen molar-refractivity contribution in [1.29, 1.82) is 0 Å². The second-order valence-corrected chi connectivity index (χ2v) is 7.37. The van der Waals surface area contributed by atoms with Crippen LogP contribution >= 0.6 is 0 Å². The Morgan fingerprint density at radius 1 is 1.19 bits per heavy atom. The molecular weight excluding hydrogens is 348 g/mol. The normalized spacial score (nSPS) is 42.2. The van der Waals surface area contributed by atoms with Gasteiger partial charge in [-0.1, -0.05) is 6.08 Å². The second-order valence-electron chi connectivity index (χ2n) is 7.37. The van der Waals surface area contributed by atoms with Gasteiger partial charge in [0.25, 0.3) is 17.5 Å². The molecule has 4 saturated heterocycles. The van der Waals surface area contributed by atoms with E-state index >= 15 is 0 Å². The molecule has 4 atom stereocenters. The number of piperazine rings is 1. The smallest absolute Gasteiger partial charge is 0.280 e. The number of amides is 2. The van der Waals surface area contributed by atoms with E-state index in [1.54, 1.807) is 20.8 Å². The van der Waals surface area contributed by atoms with E-state index < -0.39 is 47.4 Å². The second kappa shape index (κ2) is 5.98. The van der Waals surface area contributed by atoms with Crippen molar-refractivity contribution >= 4 is 11.8 Å². The van der Waals surface area contributed by atoms with E-state index in [4.69, 9.17) is 19.3 Å². The Bertz CT molecular complexity index is 665. The van der Waals surface area contributed by atoms with Gasteiger partial charge >= 0.3 is 0 Å². The zero-order chi connectivity index (χ0) is 19.4. The number of hydrogen-bond acceptors (Lipinski definition) is 8. The van der Waals surface area contributed by atoms with Gasteiger partial charge in [0.15, 0.2) is 5.79 Å². The first kappa shape index (κ1) is 19.2. The number of hydrogen-bond donors (Lipinski definition) is 5. The first-order valence-electron chi connectivity index (χ1n) is 8.33. The van der Waals surface area contributed by atoms with Crippen molar-refractivity contribution in [2.45, 2.75) is 56.1 Å². The van der Waals surface area contributed by atoms with Crippen molar-refractivity contribution in [1.82, 2.24) is 10.6 Å². The Kier molecular flexibility index (Phi) is 4.42. The molecule has 146 valence electrons. The van der Waals surface area contributed by atoms with Crippen molar-refractivity contribution < 1.29 is 39.1 Å². The molecule has 26 heavy (non-hydrogen) atoms. The summed E-state index contributed by atoms with van der Waals surface area (Å²) >= 11 is 0. The van der Waals surface area contributed by atoms with Gasteiger partial charge in [0.05, 0.1) is 19.8 Å². The summed E-state index contributed by atoms with van der Waals surface area (Å²) in [5.74, 6) is -2.89. The van der Waals surface area contributed by atoms with Crippen LogP contribution in [0.4, 0.5) is 0 Å². The molecule has 4 aliphatic rings. The van der Waals surface area contributed by atoms with Crippen LogP contribution in [0.2, 0.25) is 0 Å². The molecule has 0 aromatic heterocycles. The highest BCUT2D eigenvalue weighted by Gasteiger charge is 2.65. The van der Waals surface area contributed by atoms with Gasteiger partial charge in [0.2, 0.25) is 5.72 Å². The van der Waals surface area contributed by atoms with Gasteiger partial charge in [-0.15, -0.1) is 0 Å². The zero-order valence-electron chi connectivity index (χ0n) is 14.9. The number of aliphatic hydroxyl groups is 3. The van der Waals surface area contributed by atoms with Gasteiger partial charge in [0.1, 0.15) is 11.7 Å². The number of aliphatic hydroxyl groups excluding tert-OH is 2. The maximum atomic E-state index is 12.8. The van der Waals surface area contributed by atoms with Crippen molar-refractivity contribution in [3.63, 3.8) is 0 Å². The number of carbonyl (C=O) groups is 2.